The number of amides is 4. The number of rotatable bonds is 9. The summed E-state index contributed by atoms with van der Waals surface area (Å²) >= 11 is 0. The summed E-state index contributed by atoms with van der Waals surface area (Å²) in [7, 11) is 2.11. The number of imide groups is 1. The van der Waals surface area contributed by atoms with Crippen molar-refractivity contribution in [3.05, 3.63) is 17.5 Å². The maximum atomic E-state index is 13.6. The lowest BCUT2D eigenvalue weighted by molar-refractivity contribution is -0.134. The molecule has 9 nitrogen and oxygen atoms in total. The lowest BCUT2D eigenvalue weighted by Gasteiger charge is -2.40. The standard InChI is InChI=1S/C25H39N5O4/c1-4-7-20-17-21(27-34-20)22(31)29-14-9-18(10-15-29)25(12-5-2)23(32)30(24(33)26-25)16-11-19-8-6-13-28(19)3/h17-19H,4-16H2,1-3H3,(H,26,33). The van der Waals surface area contributed by atoms with Crippen molar-refractivity contribution < 1.29 is 18.9 Å². The number of likely N-dealkylation sites (tertiary alicyclic amines) is 2. The summed E-state index contributed by atoms with van der Waals surface area (Å²) in [5, 5.41) is 7.06. The molecule has 1 N–H and O–H groups in total. The largest absolute Gasteiger partial charge is 0.361 e. The zero-order chi connectivity index (χ0) is 24.3. The number of nitrogens with zero attached hydrogens (tertiary/aromatic N) is 4. The number of hydrogen-bond donors (Lipinski definition) is 1. The summed E-state index contributed by atoms with van der Waals surface area (Å²) < 4.78 is 5.27. The zero-order valence-electron chi connectivity index (χ0n) is 20.8. The highest BCUT2D eigenvalue weighted by Crippen LogP contribution is 2.37. The summed E-state index contributed by atoms with van der Waals surface area (Å²) in [6.07, 6.45) is 7.60. The van der Waals surface area contributed by atoms with Gasteiger partial charge in [-0.1, -0.05) is 25.4 Å². The molecule has 34 heavy (non-hydrogen) atoms. The van der Waals surface area contributed by atoms with Crippen LogP contribution in [0.15, 0.2) is 10.6 Å². The molecular formula is C25H39N5O4. The van der Waals surface area contributed by atoms with Crippen molar-refractivity contribution in [3.8, 4) is 0 Å². The second kappa shape index (κ2) is 10.5. The van der Waals surface area contributed by atoms with E-state index in [1.807, 2.05) is 0 Å². The Morgan fingerprint density at radius 2 is 1.94 bits per heavy atom. The average Bonchev–Trinajstić information content (AvgIpc) is 3.52. The number of piperidine rings is 1. The van der Waals surface area contributed by atoms with Gasteiger partial charge in [-0.3, -0.25) is 14.5 Å². The van der Waals surface area contributed by atoms with Gasteiger partial charge < -0.3 is 19.6 Å². The number of hydrogen-bond acceptors (Lipinski definition) is 6. The van der Waals surface area contributed by atoms with Crippen molar-refractivity contribution in [1.29, 1.82) is 0 Å². The van der Waals surface area contributed by atoms with Gasteiger partial charge in [0.05, 0.1) is 0 Å². The van der Waals surface area contributed by atoms with Crippen LogP contribution in [-0.4, -0.2) is 82.5 Å². The molecule has 2 atom stereocenters. The molecule has 9 heteroatoms. The first-order chi connectivity index (χ1) is 16.4. The van der Waals surface area contributed by atoms with Gasteiger partial charge in [0, 0.05) is 38.2 Å². The van der Waals surface area contributed by atoms with Crippen LogP contribution in [0.25, 0.3) is 0 Å². The van der Waals surface area contributed by atoms with Gasteiger partial charge in [0.2, 0.25) is 0 Å². The Kier molecular flexibility index (Phi) is 7.60. The molecule has 0 spiro atoms. The van der Waals surface area contributed by atoms with Gasteiger partial charge in [0.1, 0.15) is 11.3 Å². The second-order valence-electron chi connectivity index (χ2n) is 10.2. The molecule has 0 radical (unpaired) electrons. The van der Waals surface area contributed by atoms with E-state index in [1.165, 1.54) is 11.3 Å². The molecule has 4 heterocycles. The monoisotopic (exact) mass is 473 g/mol. The fraction of sp³-hybridized carbons (Fsp3) is 0.760. The van der Waals surface area contributed by atoms with Crippen LogP contribution in [0.2, 0.25) is 0 Å². The minimum Gasteiger partial charge on any atom is -0.361 e. The molecule has 1 aromatic heterocycles. The van der Waals surface area contributed by atoms with Gasteiger partial charge in [-0.15, -0.1) is 0 Å². The highest BCUT2D eigenvalue weighted by atomic mass is 16.5. The second-order valence-corrected chi connectivity index (χ2v) is 10.2. The molecule has 3 fully saturated rings. The molecule has 0 bridgehead atoms. The quantitative estimate of drug-likeness (QED) is 0.554. The maximum Gasteiger partial charge on any atom is 0.325 e. The van der Waals surface area contributed by atoms with Crippen LogP contribution in [0.4, 0.5) is 4.79 Å². The van der Waals surface area contributed by atoms with Gasteiger partial charge in [-0.25, -0.2) is 4.79 Å². The number of urea groups is 1. The Hall–Kier alpha value is -2.42. The molecule has 4 rings (SSSR count). The van der Waals surface area contributed by atoms with Gasteiger partial charge >= 0.3 is 6.03 Å². The van der Waals surface area contributed by atoms with Crippen LogP contribution in [0.5, 0.6) is 0 Å². The lowest BCUT2D eigenvalue weighted by atomic mass is 9.74. The van der Waals surface area contributed by atoms with E-state index in [9.17, 15) is 14.4 Å². The van der Waals surface area contributed by atoms with Gasteiger partial charge in [-0.05, 0) is 64.5 Å². The van der Waals surface area contributed by atoms with E-state index in [1.54, 1.807) is 11.0 Å². The van der Waals surface area contributed by atoms with Crippen LogP contribution in [0, 0.1) is 5.92 Å². The van der Waals surface area contributed by atoms with Crippen molar-refractivity contribution in [3.63, 3.8) is 0 Å². The van der Waals surface area contributed by atoms with E-state index < -0.39 is 5.54 Å². The molecule has 2 unspecified atom stereocenters. The highest BCUT2D eigenvalue weighted by molar-refractivity contribution is 6.07. The van der Waals surface area contributed by atoms with Crippen molar-refractivity contribution in [2.75, 3.05) is 33.2 Å². The van der Waals surface area contributed by atoms with Crippen molar-refractivity contribution in [2.24, 2.45) is 5.92 Å². The van der Waals surface area contributed by atoms with Crippen molar-refractivity contribution >= 4 is 17.8 Å². The summed E-state index contributed by atoms with van der Waals surface area (Å²) in [4.78, 5) is 45.0. The average molecular weight is 474 g/mol. The lowest BCUT2D eigenvalue weighted by Crippen LogP contribution is -2.56. The van der Waals surface area contributed by atoms with E-state index in [2.05, 4.69) is 36.3 Å². The molecule has 3 saturated heterocycles. The van der Waals surface area contributed by atoms with Gasteiger partial charge in [-0.2, -0.15) is 0 Å². The van der Waals surface area contributed by atoms with E-state index in [0.717, 1.165) is 44.4 Å². The normalized spacial score (nSPS) is 26.5. The zero-order valence-corrected chi connectivity index (χ0v) is 20.8. The molecule has 3 aliphatic rings. The van der Waals surface area contributed by atoms with Gasteiger partial charge in [0.15, 0.2) is 5.69 Å². The Morgan fingerprint density at radius 3 is 2.59 bits per heavy atom. The third-order valence-corrected chi connectivity index (χ3v) is 7.96. The topological polar surface area (TPSA) is 99.0 Å². The minimum atomic E-state index is -0.856. The highest BCUT2D eigenvalue weighted by Gasteiger charge is 2.55. The van der Waals surface area contributed by atoms with Crippen LogP contribution in [-0.2, 0) is 11.2 Å². The number of aromatic nitrogens is 1. The third kappa shape index (κ3) is 4.72. The molecule has 3 aliphatic heterocycles. The molecule has 0 aromatic carbocycles. The number of aryl methyl sites for hydroxylation is 1. The van der Waals surface area contributed by atoms with Gasteiger partial charge in [0.25, 0.3) is 11.8 Å². The molecule has 1 aromatic rings. The molecule has 4 amide bonds. The van der Waals surface area contributed by atoms with E-state index in [0.29, 0.717) is 50.6 Å². The van der Waals surface area contributed by atoms with Crippen molar-refractivity contribution in [2.45, 2.75) is 83.2 Å². The number of carbonyl (C=O) groups is 3. The Balaban J connectivity index is 1.39. The minimum absolute atomic E-state index is 0.0139. The first kappa shape index (κ1) is 24.7. The maximum absolute atomic E-state index is 13.6. The smallest absolute Gasteiger partial charge is 0.325 e. The van der Waals surface area contributed by atoms with Crippen LogP contribution in [0.1, 0.15) is 81.5 Å². The summed E-state index contributed by atoms with van der Waals surface area (Å²) in [6, 6.07) is 1.91. The summed E-state index contributed by atoms with van der Waals surface area (Å²) in [5.41, 5.74) is -0.511. The number of carbonyl (C=O) groups excluding carboxylic acids is 3. The predicted octanol–water partition coefficient (Wildman–Crippen LogP) is 3.05. The summed E-state index contributed by atoms with van der Waals surface area (Å²) in [5.74, 6) is 0.537. The SMILES string of the molecule is CCCc1cc(C(=O)N2CCC(C3(CCC)NC(=O)N(CCC4CCCN4C)C3=O)CC2)no1. The van der Waals surface area contributed by atoms with Crippen LogP contribution < -0.4 is 5.32 Å². The van der Waals surface area contributed by atoms with Crippen LogP contribution in [0.3, 0.4) is 0 Å². The molecular weight excluding hydrogens is 434 g/mol. The van der Waals surface area contributed by atoms with E-state index in [4.69, 9.17) is 4.52 Å². The molecule has 0 saturated carbocycles. The third-order valence-electron chi connectivity index (χ3n) is 7.96. The predicted molar refractivity (Wildman–Crippen MR) is 127 cm³/mol. The van der Waals surface area contributed by atoms with Crippen molar-refractivity contribution in [1.82, 2.24) is 25.2 Å². The Labute approximate surface area is 202 Å². The summed E-state index contributed by atoms with van der Waals surface area (Å²) in [6.45, 7) is 6.74. The number of nitrogens with one attached hydrogen (secondary N) is 1. The Morgan fingerprint density at radius 1 is 1.18 bits per heavy atom. The first-order valence-electron chi connectivity index (χ1n) is 13.0. The molecule has 0 aliphatic carbocycles. The molecule has 188 valence electrons. The first-order valence-corrected chi connectivity index (χ1v) is 13.0. The van der Waals surface area contributed by atoms with Crippen LogP contribution >= 0.6 is 0 Å². The van der Waals surface area contributed by atoms with E-state index >= 15 is 0 Å². The fourth-order valence-corrected chi connectivity index (χ4v) is 6.03. The fourth-order valence-electron chi connectivity index (χ4n) is 6.03. The Bertz CT molecular complexity index is 894. The van der Waals surface area contributed by atoms with E-state index in [-0.39, 0.29) is 23.8 Å².